The highest BCUT2D eigenvalue weighted by Gasteiger charge is 2.60. The minimum absolute atomic E-state index is 0.774. The van der Waals surface area contributed by atoms with Gasteiger partial charge in [-0.15, -0.1) is 0 Å². The Balaban J connectivity index is 4.72. The first-order chi connectivity index (χ1) is 5.52. The summed E-state index contributed by atoms with van der Waals surface area (Å²) < 4.78 is 79.4. The topological polar surface area (TPSA) is 34.1 Å². The molecule has 0 amide bonds. The maximum Gasteiger partial charge on any atom is 0.465 e. The fraction of sp³-hybridized carbons (Fsp3) is 1.00. The second-order valence-electron chi connectivity index (χ2n) is 1.94. The Morgan fingerprint density at radius 2 is 1.54 bits per heavy atom. The molecule has 13 heavy (non-hydrogen) atoms. The standard InChI is InChI=1S/C4H5F5O2S2/c1-2-13(10,11)12-4(8,9)3(5,6)7/h2H2,1H3. The summed E-state index contributed by atoms with van der Waals surface area (Å²) in [6, 6.07) is 0. The molecule has 0 saturated heterocycles. The molecule has 0 aromatic rings. The predicted molar refractivity (Wildman–Crippen MR) is 38.1 cm³/mol. The summed E-state index contributed by atoms with van der Waals surface area (Å²) in [7, 11) is -5.79. The van der Waals surface area contributed by atoms with Crippen LogP contribution in [0.5, 0.6) is 0 Å². The molecule has 0 fully saturated rings. The van der Waals surface area contributed by atoms with Crippen molar-refractivity contribution in [2.75, 3.05) is 5.75 Å². The lowest BCUT2D eigenvalue weighted by Crippen LogP contribution is -2.34. The average molecular weight is 244 g/mol. The maximum absolute atomic E-state index is 12.1. The Bertz CT molecular complexity index is 267. The van der Waals surface area contributed by atoms with E-state index in [1.165, 1.54) is 0 Å². The van der Waals surface area contributed by atoms with Crippen LogP contribution >= 0.6 is 10.8 Å². The summed E-state index contributed by atoms with van der Waals surface area (Å²) in [6.07, 6.45) is -5.85. The molecular formula is C4H5F5O2S2. The molecule has 0 aromatic carbocycles. The molecular weight excluding hydrogens is 239 g/mol. The van der Waals surface area contributed by atoms with Crippen molar-refractivity contribution in [3.8, 4) is 0 Å². The van der Waals surface area contributed by atoms with Crippen LogP contribution in [0.3, 0.4) is 0 Å². The third kappa shape index (κ3) is 3.67. The van der Waals surface area contributed by atoms with Crippen molar-refractivity contribution in [3.63, 3.8) is 0 Å². The number of rotatable bonds is 3. The highest BCUT2D eigenvalue weighted by atomic mass is 33.1. The lowest BCUT2D eigenvalue weighted by molar-refractivity contribution is -0.237. The summed E-state index contributed by atoms with van der Waals surface area (Å²) in [6.45, 7) is 0.981. The van der Waals surface area contributed by atoms with Crippen LogP contribution in [0.1, 0.15) is 6.92 Å². The summed E-state index contributed by atoms with van der Waals surface area (Å²) in [4.78, 5) is 0. The van der Waals surface area contributed by atoms with Crippen LogP contribution in [-0.2, 0) is 8.87 Å². The molecule has 0 aliphatic heterocycles. The predicted octanol–water partition coefficient (Wildman–Crippen LogP) is 2.22. The molecule has 0 unspecified atom stereocenters. The van der Waals surface area contributed by atoms with Crippen LogP contribution in [0.25, 0.3) is 0 Å². The highest BCUT2D eigenvalue weighted by molar-refractivity contribution is 8.72. The van der Waals surface area contributed by atoms with Gasteiger partial charge in [0.15, 0.2) is 0 Å². The SMILES string of the molecule is CCS(=O)(=O)SC(F)(F)C(F)(F)F. The van der Waals surface area contributed by atoms with Gasteiger partial charge in [-0.2, -0.15) is 22.0 Å². The molecule has 0 bridgehead atoms. The minimum atomic E-state index is -5.85. The van der Waals surface area contributed by atoms with E-state index in [-0.39, 0.29) is 0 Å². The number of hydrogen-bond donors (Lipinski definition) is 0. The first-order valence-electron chi connectivity index (χ1n) is 2.89. The van der Waals surface area contributed by atoms with Crippen molar-refractivity contribution in [2.24, 2.45) is 0 Å². The average Bonchev–Trinajstić information content (AvgIpc) is 1.83. The lowest BCUT2D eigenvalue weighted by atomic mass is 10.7. The molecule has 0 saturated carbocycles. The zero-order chi connectivity index (χ0) is 10.9. The normalized spacial score (nSPS) is 14.6. The Morgan fingerprint density at radius 3 is 1.77 bits per heavy atom. The summed E-state index contributed by atoms with van der Waals surface area (Å²) in [5, 5.41) is -5.25. The van der Waals surface area contributed by atoms with Crippen LogP contribution in [0, 0.1) is 0 Å². The van der Waals surface area contributed by atoms with Gasteiger partial charge in [-0.3, -0.25) is 0 Å². The van der Waals surface area contributed by atoms with Gasteiger partial charge in [0.25, 0.3) is 0 Å². The van der Waals surface area contributed by atoms with E-state index in [1.807, 2.05) is 0 Å². The van der Waals surface area contributed by atoms with Gasteiger partial charge in [-0.25, -0.2) is 8.42 Å². The first-order valence-corrected chi connectivity index (χ1v) is 5.88. The van der Waals surface area contributed by atoms with Gasteiger partial charge >= 0.3 is 11.4 Å². The van der Waals surface area contributed by atoms with Crippen molar-refractivity contribution in [3.05, 3.63) is 0 Å². The fourth-order valence-electron chi connectivity index (χ4n) is 0.266. The quantitative estimate of drug-likeness (QED) is 0.564. The Hall–Kier alpha value is -0.0500. The van der Waals surface area contributed by atoms with Crippen LogP contribution < -0.4 is 0 Å². The van der Waals surface area contributed by atoms with Gasteiger partial charge in [-0.05, 0) is 0 Å². The van der Waals surface area contributed by atoms with E-state index in [1.54, 1.807) is 0 Å². The minimum Gasteiger partial charge on any atom is -0.217 e. The number of hydrogen-bond acceptors (Lipinski definition) is 3. The van der Waals surface area contributed by atoms with E-state index in [9.17, 15) is 30.4 Å². The summed E-state index contributed by atoms with van der Waals surface area (Å²) >= 11 is 0. The van der Waals surface area contributed by atoms with Gasteiger partial charge < -0.3 is 0 Å². The molecule has 9 heteroatoms. The van der Waals surface area contributed by atoms with E-state index >= 15 is 0 Å². The third-order valence-corrected chi connectivity index (χ3v) is 4.41. The first kappa shape index (κ1) is 12.9. The summed E-state index contributed by atoms with van der Waals surface area (Å²) in [5.41, 5.74) is 0. The Kier molecular flexibility index (Phi) is 3.59. The second kappa shape index (κ2) is 3.60. The Labute approximate surface area is 74.8 Å². The van der Waals surface area contributed by atoms with Crippen molar-refractivity contribution < 1.29 is 30.4 Å². The lowest BCUT2D eigenvalue weighted by Gasteiger charge is -2.17. The van der Waals surface area contributed by atoms with E-state index in [0.29, 0.717) is 0 Å². The molecule has 0 rings (SSSR count). The second-order valence-corrected chi connectivity index (χ2v) is 6.34. The van der Waals surface area contributed by atoms with Gasteiger partial charge in [0.1, 0.15) is 0 Å². The van der Waals surface area contributed by atoms with Crippen LogP contribution in [0.4, 0.5) is 22.0 Å². The Morgan fingerprint density at radius 1 is 1.15 bits per heavy atom. The monoisotopic (exact) mass is 244 g/mol. The van der Waals surface area contributed by atoms with E-state index in [2.05, 4.69) is 0 Å². The molecule has 0 aliphatic carbocycles. The molecule has 0 spiro atoms. The highest BCUT2D eigenvalue weighted by Crippen LogP contribution is 2.46. The van der Waals surface area contributed by atoms with Crippen molar-refractivity contribution >= 4 is 19.7 Å². The third-order valence-electron chi connectivity index (χ3n) is 0.915. The molecule has 80 valence electrons. The summed E-state index contributed by atoms with van der Waals surface area (Å²) in [5.74, 6) is -0.774. The molecule has 0 aliphatic rings. The molecule has 2 nitrogen and oxygen atoms in total. The number of alkyl halides is 5. The number of halogens is 5. The van der Waals surface area contributed by atoms with E-state index < -0.39 is 36.8 Å². The largest absolute Gasteiger partial charge is 0.465 e. The van der Waals surface area contributed by atoms with Gasteiger partial charge in [0, 0.05) is 0 Å². The van der Waals surface area contributed by atoms with Gasteiger partial charge in [0.2, 0.25) is 8.87 Å². The van der Waals surface area contributed by atoms with Gasteiger partial charge in [0.05, 0.1) is 16.5 Å². The molecule has 0 N–H and O–H groups in total. The van der Waals surface area contributed by atoms with Crippen molar-refractivity contribution in [1.29, 1.82) is 0 Å². The van der Waals surface area contributed by atoms with Crippen molar-refractivity contribution in [1.82, 2.24) is 0 Å². The van der Waals surface area contributed by atoms with Crippen LogP contribution in [-0.4, -0.2) is 25.6 Å². The smallest absolute Gasteiger partial charge is 0.217 e. The van der Waals surface area contributed by atoms with Crippen LogP contribution in [0.15, 0.2) is 0 Å². The van der Waals surface area contributed by atoms with E-state index in [4.69, 9.17) is 0 Å². The zero-order valence-electron chi connectivity index (χ0n) is 6.23. The van der Waals surface area contributed by atoms with E-state index in [0.717, 1.165) is 6.92 Å². The zero-order valence-corrected chi connectivity index (χ0v) is 7.86. The van der Waals surface area contributed by atoms with Gasteiger partial charge in [-0.1, -0.05) is 6.92 Å². The molecule has 0 atom stereocenters. The van der Waals surface area contributed by atoms with Crippen LogP contribution in [0.2, 0.25) is 0 Å². The van der Waals surface area contributed by atoms with Crippen molar-refractivity contribution in [2.45, 2.75) is 18.4 Å². The molecule has 0 radical (unpaired) electrons. The fourth-order valence-corrected chi connectivity index (χ4v) is 2.39. The molecule has 0 aromatic heterocycles. The molecule has 0 heterocycles. The maximum atomic E-state index is 12.1.